The molecule has 1 unspecified atom stereocenters. The van der Waals surface area contributed by atoms with Gasteiger partial charge in [-0.1, -0.05) is 0 Å². The zero-order valence-electron chi connectivity index (χ0n) is 11.5. The summed E-state index contributed by atoms with van der Waals surface area (Å²) < 4.78 is 1.96. The van der Waals surface area contributed by atoms with Crippen LogP contribution in [0.1, 0.15) is 24.8 Å². The van der Waals surface area contributed by atoms with Gasteiger partial charge < -0.3 is 15.0 Å². The number of hydrogen-bond donors (Lipinski definition) is 2. The molecule has 106 valence electrons. The second-order valence-corrected chi connectivity index (χ2v) is 5.40. The zero-order valence-corrected chi connectivity index (χ0v) is 11.5. The Hall–Kier alpha value is -1.88. The van der Waals surface area contributed by atoms with Crippen molar-refractivity contribution in [2.75, 3.05) is 13.1 Å². The number of nitrogens with one attached hydrogen (secondary N) is 2. The molecule has 1 amide bonds. The highest BCUT2D eigenvalue weighted by Crippen LogP contribution is 2.14. The Morgan fingerprint density at radius 1 is 1.50 bits per heavy atom. The van der Waals surface area contributed by atoms with Gasteiger partial charge in [0.2, 0.25) is 5.91 Å². The fraction of sp³-hybridized carbons (Fsp3) is 0.467. The topological polar surface area (TPSA) is 58.4 Å². The first-order valence-electron chi connectivity index (χ1n) is 7.20. The van der Waals surface area contributed by atoms with Crippen molar-refractivity contribution < 1.29 is 4.79 Å². The minimum absolute atomic E-state index is 0.139. The predicted octanol–water partition coefficient (Wildman–Crippen LogP) is 1.34. The van der Waals surface area contributed by atoms with E-state index in [4.69, 9.17) is 0 Å². The zero-order chi connectivity index (χ0) is 13.8. The minimum atomic E-state index is 0.139. The lowest BCUT2D eigenvalue weighted by Crippen LogP contribution is -2.23. The quantitative estimate of drug-likeness (QED) is 0.863. The molecular formula is C15H20N4O. The Morgan fingerprint density at radius 3 is 3.30 bits per heavy atom. The smallest absolute Gasteiger partial charge is 0.220 e. The number of amides is 1. The van der Waals surface area contributed by atoms with Crippen molar-refractivity contribution in [2.24, 2.45) is 5.92 Å². The molecule has 1 atom stereocenters. The first-order valence-corrected chi connectivity index (χ1v) is 7.20. The van der Waals surface area contributed by atoms with Gasteiger partial charge in [-0.25, -0.2) is 4.98 Å². The van der Waals surface area contributed by atoms with Crippen LogP contribution >= 0.6 is 0 Å². The number of imidazole rings is 1. The molecule has 1 aliphatic heterocycles. The lowest BCUT2D eigenvalue weighted by Gasteiger charge is -2.09. The van der Waals surface area contributed by atoms with E-state index < -0.39 is 0 Å². The van der Waals surface area contributed by atoms with Gasteiger partial charge in [0, 0.05) is 31.6 Å². The number of carbonyl (C=O) groups is 1. The van der Waals surface area contributed by atoms with Crippen LogP contribution in [0.2, 0.25) is 0 Å². The molecule has 0 bridgehead atoms. The Bertz CT molecular complexity index is 586. The standard InChI is InChI=1S/C15H20N4O/c20-15(2-1-12-3-5-16-10-12)18-11-13-4-7-19-8-6-17-14(19)9-13/h4,6-9,12,16H,1-3,5,10-11H2,(H,18,20). The monoisotopic (exact) mass is 272 g/mol. The predicted molar refractivity (Wildman–Crippen MR) is 77.2 cm³/mol. The lowest BCUT2D eigenvalue weighted by molar-refractivity contribution is -0.121. The number of pyridine rings is 1. The molecule has 3 rings (SSSR count). The summed E-state index contributed by atoms with van der Waals surface area (Å²) in [6.45, 7) is 2.73. The highest BCUT2D eigenvalue weighted by molar-refractivity contribution is 5.75. The van der Waals surface area contributed by atoms with Gasteiger partial charge in [0.25, 0.3) is 0 Å². The van der Waals surface area contributed by atoms with Crippen LogP contribution in [0.25, 0.3) is 5.65 Å². The number of rotatable bonds is 5. The van der Waals surface area contributed by atoms with Crippen LogP contribution in [0.3, 0.4) is 0 Å². The Balaban J connectivity index is 1.46. The van der Waals surface area contributed by atoms with Gasteiger partial charge in [-0.05, 0) is 49.5 Å². The van der Waals surface area contributed by atoms with Crippen molar-refractivity contribution in [1.82, 2.24) is 20.0 Å². The summed E-state index contributed by atoms with van der Waals surface area (Å²) in [5.74, 6) is 0.808. The maximum atomic E-state index is 11.8. The molecule has 2 N–H and O–H groups in total. The largest absolute Gasteiger partial charge is 0.352 e. The third kappa shape index (κ3) is 3.17. The highest BCUT2D eigenvalue weighted by Gasteiger charge is 2.15. The van der Waals surface area contributed by atoms with Crippen LogP contribution in [0, 0.1) is 5.92 Å². The summed E-state index contributed by atoms with van der Waals surface area (Å²) in [5.41, 5.74) is 1.99. The first-order chi connectivity index (χ1) is 9.81. The molecule has 2 aromatic rings. The molecule has 1 aliphatic rings. The summed E-state index contributed by atoms with van der Waals surface area (Å²) >= 11 is 0. The van der Waals surface area contributed by atoms with E-state index in [1.54, 1.807) is 6.20 Å². The maximum absolute atomic E-state index is 11.8. The maximum Gasteiger partial charge on any atom is 0.220 e. The van der Waals surface area contributed by atoms with Crippen molar-refractivity contribution in [1.29, 1.82) is 0 Å². The van der Waals surface area contributed by atoms with E-state index >= 15 is 0 Å². The van der Waals surface area contributed by atoms with Gasteiger partial charge in [-0.3, -0.25) is 4.79 Å². The Morgan fingerprint density at radius 2 is 2.45 bits per heavy atom. The number of carbonyl (C=O) groups excluding carboxylic acids is 1. The van der Waals surface area contributed by atoms with Crippen LogP contribution in [0.15, 0.2) is 30.7 Å². The molecule has 1 saturated heterocycles. The van der Waals surface area contributed by atoms with Crippen LogP contribution in [0.4, 0.5) is 0 Å². The normalized spacial score (nSPS) is 18.5. The Kier molecular flexibility index (Phi) is 3.97. The summed E-state index contributed by atoms with van der Waals surface area (Å²) in [6.07, 6.45) is 8.45. The van der Waals surface area contributed by atoms with Crippen LogP contribution in [0.5, 0.6) is 0 Å². The third-order valence-corrected chi connectivity index (χ3v) is 3.89. The third-order valence-electron chi connectivity index (χ3n) is 3.89. The average molecular weight is 272 g/mol. The second kappa shape index (κ2) is 6.05. The van der Waals surface area contributed by atoms with Gasteiger partial charge in [0.05, 0.1) is 0 Å². The van der Waals surface area contributed by atoms with Gasteiger partial charge in [-0.15, -0.1) is 0 Å². The average Bonchev–Trinajstić information content (AvgIpc) is 3.13. The van der Waals surface area contributed by atoms with Crippen LogP contribution in [-0.2, 0) is 11.3 Å². The first kappa shape index (κ1) is 13.1. The SMILES string of the molecule is O=C(CCC1CCNC1)NCc1ccn2ccnc2c1. The second-order valence-electron chi connectivity index (χ2n) is 5.40. The van der Waals surface area contributed by atoms with Crippen molar-refractivity contribution >= 4 is 11.6 Å². The number of aromatic nitrogens is 2. The van der Waals surface area contributed by atoms with E-state index in [0.29, 0.717) is 18.9 Å². The molecule has 5 heteroatoms. The molecule has 5 nitrogen and oxygen atoms in total. The molecule has 0 spiro atoms. The van der Waals surface area contributed by atoms with E-state index in [2.05, 4.69) is 15.6 Å². The lowest BCUT2D eigenvalue weighted by atomic mass is 10.0. The van der Waals surface area contributed by atoms with E-state index in [0.717, 1.165) is 30.7 Å². The van der Waals surface area contributed by atoms with Crippen molar-refractivity contribution in [3.63, 3.8) is 0 Å². The van der Waals surface area contributed by atoms with E-state index in [9.17, 15) is 4.79 Å². The molecule has 20 heavy (non-hydrogen) atoms. The van der Waals surface area contributed by atoms with E-state index in [-0.39, 0.29) is 5.91 Å². The van der Waals surface area contributed by atoms with Gasteiger partial charge in [0.15, 0.2) is 0 Å². The molecule has 2 aromatic heterocycles. The fourth-order valence-electron chi connectivity index (χ4n) is 2.65. The Labute approximate surface area is 118 Å². The molecule has 0 aromatic carbocycles. The minimum Gasteiger partial charge on any atom is -0.352 e. The number of fused-ring (bicyclic) bond motifs is 1. The molecule has 0 aliphatic carbocycles. The number of nitrogens with zero attached hydrogens (tertiary/aromatic N) is 2. The summed E-state index contributed by atoms with van der Waals surface area (Å²) in [6, 6.07) is 4.01. The molecule has 3 heterocycles. The molecule has 0 radical (unpaired) electrons. The molecule has 0 saturated carbocycles. The van der Waals surface area contributed by atoms with Gasteiger partial charge >= 0.3 is 0 Å². The highest BCUT2D eigenvalue weighted by atomic mass is 16.1. The van der Waals surface area contributed by atoms with Crippen molar-refractivity contribution in [3.8, 4) is 0 Å². The fourth-order valence-corrected chi connectivity index (χ4v) is 2.65. The summed E-state index contributed by atoms with van der Waals surface area (Å²) in [7, 11) is 0. The number of hydrogen-bond acceptors (Lipinski definition) is 3. The van der Waals surface area contributed by atoms with Gasteiger partial charge in [0.1, 0.15) is 5.65 Å². The summed E-state index contributed by atoms with van der Waals surface area (Å²) in [5, 5.41) is 6.31. The molecular weight excluding hydrogens is 252 g/mol. The van der Waals surface area contributed by atoms with Gasteiger partial charge in [-0.2, -0.15) is 0 Å². The summed E-state index contributed by atoms with van der Waals surface area (Å²) in [4.78, 5) is 16.1. The van der Waals surface area contributed by atoms with Crippen LogP contribution < -0.4 is 10.6 Å². The van der Waals surface area contributed by atoms with Crippen molar-refractivity contribution in [2.45, 2.75) is 25.8 Å². The van der Waals surface area contributed by atoms with Crippen molar-refractivity contribution in [3.05, 3.63) is 36.3 Å². The van der Waals surface area contributed by atoms with E-state index in [1.807, 2.05) is 28.9 Å². The molecule has 1 fully saturated rings. The van der Waals surface area contributed by atoms with Crippen LogP contribution in [-0.4, -0.2) is 28.4 Å². The van der Waals surface area contributed by atoms with E-state index in [1.165, 1.54) is 6.42 Å².